The van der Waals surface area contributed by atoms with Crippen molar-refractivity contribution in [3.63, 3.8) is 0 Å². The minimum absolute atomic E-state index is 0.758. The lowest BCUT2D eigenvalue weighted by Crippen LogP contribution is -2.52. The molecule has 0 saturated carbocycles. The molecule has 0 aromatic rings. The fourth-order valence-corrected chi connectivity index (χ4v) is 3.14. The third kappa shape index (κ3) is 4.52. The van der Waals surface area contributed by atoms with Gasteiger partial charge in [-0.25, -0.2) is 0 Å². The zero-order valence-corrected chi connectivity index (χ0v) is 12.2. The predicted molar refractivity (Wildman–Crippen MR) is 75.8 cm³/mol. The van der Waals surface area contributed by atoms with E-state index in [9.17, 15) is 0 Å². The Kier molecular flexibility index (Phi) is 5.93. The Labute approximate surface area is 112 Å². The van der Waals surface area contributed by atoms with Crippen LogP contribution in [-0.4, -0.2) is 50.3 Å². The first-order valence-electron chi connectivity index (χ1n) is 7.79. The van der Waals surface area contributed by atoms with Gasteiger partial charge in [0.25, 0.3) is 0 Å². The number of ether oxygens (including phenoxy) is 1. The van der Waals surface area contributed by atoms with Crippen molar-refractivity contribution in [1.29, 1.82) is 0 Å². The number of hydrogen-bond acceptors (Lipinski definition) is 3. The lowest BCUT2D eigenvalue weighted by atomic mass is 9.85. The zero-order chi connectivity index (χ0) is 12.8. The smallest absolute Gasteiger partial charge is 0.0593 e. The van der Waals surface area contributed by atoms with Crippen molar-refractivity contribution in [2.75, 3.05) is 39.4 Å². The third-order valence-electron chi connectivity index (χ3n) is 4.37. The van der Waals surface area contributed by atoms with Gasteiger partial charge >= 0.3 is 0 Å². The number of piperidine rings is 2. The highest BCUT2D eigenvalue weighted by Crippen LogP contribution is 2.24. The second-order valence-corrected chi connectivity index (χ2v) is 6.35. The van der Waals surface area contributed by atoms with Gasteiger partial charge in [0.05, 0.1) is 6.61 Å². The molecule has 2 aliphatic heterocycles. The van der Waals surface area contributed by atoms with Crippen molar-refractivity contribution in [2.45, 2.75) is 45.6 Å². The molecule has 0 spiro atoms. The molecule has 106 valence electrons. The summed E-state index contributed by atoms with van der Waals surface area (Å²) in [6, 6.07) is 0.803. The van der Waals surface area contributed by atoms with Gasteiger partial charge in [-0.3, -0.25) is 0 Å². The van der Waals surface area contributed by atoms with E-state index >= 15 is 0 Å². The number of nitrogens with zero attached hydrogens (tertiary/aromatic N) is 1. The van der Waals surface area contributed by atoms with Crippen molar-refractivity contribution in [3.05, 3.63) is 0 Å². The number of nitrogens with one attached hydrogen (secondary N) is 1. The average Bonchev–Trinajstić information content (AvgIpc) is 2.38. The van der Waals surface area contributed by atoms with Crippen molar-refractivity contribution in [1.82, 2.24) is 10.2 Å². The Balaban J connectivity index is 1.57. The zero-order valence-electron chi connectivity index (χ0n) is 12.2. The summed E-state index contributed by atoms with van der Waals surface area (Å²) in [7, 11) is 0. The predicted octanol–water partition coefficient (Wildman–Crippen LogP) is 2.12. The lowest BCUT2D eigenvalue weighted by molar-refractivity contribution is 0.0627. The summed E-state index contributed by atoms with van der Waals surface area (Å²) in [5.74, 6) is 1.65. The molecule has 2 rings (SSSR count). The summed E-state index contributed by atoms with van der Waals surface area (Å²) in [6.07, 6.45) is 5.30. The van der Waals surface area contributed by atoms with Crippen LogP contribution in [0.2, 0.25) is 0 Å². The largest absolute Gasteiger partial charge is 0.380 e. The molecule has 2 saturated heterocycles. The van der Waals surface area contributed by atoms with Gasteiger partial charge in [0.2, 0.25) is 0 Å². The van der Waals surface area contributed by atoms with E-state index in [1.807, 2.05) is 0 Å². The Morgan fingerprint density at radius 2 is 2.17 bits per heavy atom. The van der Waals surface area contributed by atoms with Crippen LogP contribution in [0.5, 0.6) is 0 Å². The quantitative estimate of drug-likeness (QED) is 0.735. The molecule has 2 unspecified atom stereocenters. The Hall–Kier alpha value is -0.120. The van der Waals surface area contributed by atoms with Crippen LogP contribution in [0.15, 0.2) is 0 Å². The standard InChI is InChI=1S/C15H30N2O/c1-13(2)6-10-18-11-9-17-8-5-15-14(12-17)4-3-7-16-15/h13-16H,3-12H2,1-2H3. The SMILES string of the molecule is CC(C)CCOCCN1CCC2NCCCC2C1. The van der Waals surface area contributed by atoms with Gasteiger partial charge in [0.1, 0.15) is 0 Å². The summed E-state index contributed by atoms with van der Waals surface area (Å²) in [4.78, 5) is 2.60. The molecule has 2 heterocycles. The summed E-state index contributed by atoms with van der Waals surface area (Å²) in [5.41, 5.74) is 0. The Morgan fingerprint density at radius 3 is 3.00 bits per heavy atom. The summed E-state index contributed by atoms with van der Waals surface area (Å²) < 4.78 is 5.73. The van der Waals surface area contributed by atoms with E-state index in [0.29, 0.717) is 0 Å². The summed E-state index contributed by atoms with van der Waals surface area (Å²) in [5, 5.41) is 3.67. The Morgan fingerprint density at radius 1 is 1.28 bits per heavy atom. The summed E-state index contributed by atoms with van der Waals surface area (Å²) in [6.45, 7) is 11.2. The molecule has 3 heteroatoms. The number of fused-ring (bicyclic) bond motifs is 1. The highest BCUT2D eigenvalue weighted by atomic mass is 16.5. The minimum atomic E-state index is 0.758. The fourth-order valence-electron chi connectivity index (χ4n) is 3.14. The van der Waals surface area contributed by atoms with Crippen LogP contribution < -0.4 is 5.32 Å². The second-order valence-electron chi connectivity index (χ2n) is 6.35. The van der Waals surface area contributed by atoms with Crippen LogP contribution in [0, 0.1) is 11.8 Å². The first kappa shape index (κ1) is 14.3. The maximum atomic E-state index is 5.73. The Bertz CT molecular complexity index is 233. The minimum Gasteiger partial charge on any atom is -0.380 e. The van der Waals surface area contributed by atoms with Crippen molar-refractivity contribution < 1.29 is 4.74 Å². The first-order valence-corrected chi connectivity index (χ1v) is 7.79. The number of hydrogen-bond donors (Lipinski definition) is 1. The maximum Gasteiger partial charge on any atom is 0.0593 e. The van der Waals surface area contributed by atoms with E-state index in [2.05, 4.69) is 24.1 Å². The molecule has 3 nitrogen and oxygen atoms in total. The molecule has 18 heavy (non-hydrogen) atoms. The molecule has 1 N–H and O–H groups in total. The summed E-state index contributed by atoms with van der Waals surface area (Å²) >= 11 is 0. The second kappa shape index (κ2) is 7.46. The van der Waals surface area contributed by atoms with Crippen molar-refractivity contribution in [3.8, 4) is 0 Å². The van der Waals surface area contributed by atoms with E-state index in [-0.39, 0.29) is 0 Å². The maximum absolute atomic E-state index is 5.73. The van der Waals surface area contributed by atoms with Crippen LogP contribution >= 0.6 is 0 Å². The van der Waals surface area contributed by atoms with E-state index in [1.165, 1.54) is 45.3 Å². The van der Waals surface area contributed by atoms with Crippen LogP contribution in [0.1, 0.15) is 39.5 Å². The van der Waals surface area contributed by atoms with Gasteiger partial charge in [0.15, 0.2) is 0 Å². The molecule has 0 bridgehead atoms. The highest BCUT2D eigenvalue weighted by Gasteiger charge is 2.30. The molecule has 0 amide bonds. The van der Waals surface area contributed by atoms with Crippen LogP contribution in [0.4, 0.5) is 0 Å². The fraction of sp³-hybridized carbons (Fsp3) is 1.00. The third-order valence-corrected chi connectivity index (χ3v) is 4.37. The van der Waals surface area contributed by atoms with Crippen molar-refractivity contribution >= 4 is 0 Å². The topological polar surface area (TPSA) is 24.5 Å². The molecule has 2 fully saturated rings. The number of rotatable bonds is 6. The molecule has 0 aromatic carbocycles. The van der Waals surface area contributed by atoms with E-state index in [0.717, 1.165) is 37.6 Å². The highest BCUT2D eigenvalue weighted by molar-refractivity contribution is 4.88. The lowest BCUT2D eigenvalue weighted by Gasteiger charge is -2.41. The molecule has 0 radical (unpaired) electrons. The van der Waals surface area contributed by atoms with E-state index in [4.69, 9.17) is 4.74 Å². The van der Waals surface area contributed by atoms with Crippen LogP contribution in [-0.2, 0) is 4.74 Å². The van der Waals surface area contributed by atoms with E-state index in [1.54, 1.807) is 0 Å². The van der Waals surface area contributed by atoms with E-state index < -0.39 is 0 Å². The van der Waals surface area contributed by atoms with Gasteiger partial charge in [-0.15, -0.1) is 0 Å². The van der Waals surface area contributed by atoms with Gasteiger partial charge in [-0.05, 0) is 50.6 Å². The molecule has 2 atom stereocenters. The molecule has 0 aliphatic carbocycles. The van der Waals surface area contributed by atoms with Crippen LogP contribution in [0.25, 0.3) is 0 Å². The molecule has 2 aliphatic rings. The van der Waals surface area contributed by atoms with Crippen LogP contribution in [0.3, 0.4) is 0 Å². The van der Waals surface area contributed by atoms with Gasteiger partial charge in [0, 0.05) is 25.7 Å². The average molecular weight is 254 g/mol. The first-order chi connectivity index (χ1) is 8.75. The monoisotopic (exact) mass is 254 g/mol. The van der Waals surface area contributed by atoms with Gasteiger partial charge in [-0.1, -0.05) is 13.8 Å². The molecular formula is C15H30N2O. The normalized spacial score (nSPS) is 29.5. The van der Waals surface area contributed by atoms with Gasteiger partial charge in [-0.2, -0.15) is 0 Å². The molecule has 0 aromatic heterocycles. The molecular weight excluding hydrogens is 224 g/mol. The van der Waals surface area contributed by atoms with Gasteiger partial charge < -0.3 is 15.0 Å². The number of likely N-dealkylation sites (tertiary alicyclic amines) is 1. The van der Waals surface area contributed by atoms with Crippen molar-refractivity contribution in [2.24, 2.45) is 11.8 Å².